The highest BCUT2D eigenvalue weighted by molar-refractivity contribution is 6.06. The summed E-state index contributed by atoms with van der Waals surface area (Å²) in [7, 11) is 2.03. The summed E-state index contributed by atoms with van der Waals surface area (Å²) in [6, 6.07) is 12.6. The minimum atomic E-state index is 0.00517. The molecule has 1 aliphatic carbocycles. The Morgan fingerprint density at radius 3 is 2.77 bits per heavy atom. The van der Waals surface area contributed by atoms with Crippen molar-refractivity contribution >= 4 is 11.6 Å². The second-order valence-electron chi connectivity index (χ2n) is 6.14. The van der Waals surface area contributed by atoms with Crippen molar-refractivity contribution in [1.29, 1.82) is 0 Å². The Bertz CT molecular complexity index is 774. The van der Waals surface area contributed by atoms with E-state index in [2.05, 4.69) is 34.9 Å². The maximum Gasteiger partial charge on any atom is 0.240 e. The molecule has 0 bridgehead atoms. The monoisotopic (exact) mass is 293 g/mol. The minimum Gasteiger partial charge on any atom is -0.353 e. The van der Waals surface area contributed by atoms with Crippen molar-refractivity contribution in [3.63, 3.8) is 0 Å². The fourth-order valence-electron chi connectivity index (χ4n) is 3.80. The highest BCUT2D eigenvalue weighted by Crippen LogP contribution is 2.43. The van der Waals surface area contributed by atoms with Crippen LogP contribution in [0.1, 0.15) is 36.2 Å². The first-order chi connectivity index (χ1) is 10.7. The number of nitrogens with zero attached hydrogens (tertiary/aromatic N) is 3. The summed E-state index contributed by atoms with van der Waals surface area (Å²) in [5.74, 6) is 0.290. The van der Waals surface area contributed by atoms with Gasteiger partial charge in [-0.15, -0.1) is 0 Å². The number of fused-ring (bicyclic) bond motifs is 3. The van der Waals surface area contributed by atoms with E-state index in [1.165, 1.54) is 11.1 Å². The topological polar surface area (TPSA) is 37.6 Å². The van der Waals surface area contributed by atoms with E-state index < -0.39 is 0 Å². The van der Waals surface area contributed by atoms with Crippen LogP contribution in [0, 0.1) is 5.92 Å². The fraction of sp³-hybridized carbons (Fsp3) is 0.333. The van der Waals surface area contributed by atoms with Crippen LogP contribution in [0.2, 0.25) is 0 Å². The third kappa shape index (κ3) is 1.83. The largest absolute Gasteiger partial charge is 0.353 e. The van der Waals surface area contributed by atoms with Crippen molar-refractivity contribution in [2.75, 3.05) is 0 Å². The molecule has 0 saturated carbocycles. The van der Waals surface area contributed by atoms with Crippen molar-refractivity contribution in [3.05, 3.63) is 59.4 Å². The van der Waals surface area contributed by atoms with Crippen LogP contribution >= 0.6 is 0 Å². The molecule has 22 heavy (non-hydrogen) atoms. The smallest absolute Gasteiger partial charge is 0.240 e. The molecule has 2 aliphatic rings. The lowest BCUT2D eigenvalue weighted by Crippen LogP contribution is -2.32. The van der Waals surface area contributed by atoms with Crippen molar-refractivity contribution in [3.8, 4) is 0 Å². The molecular weight excluding hydrogens is 274 g/mol. The summed E-state index contributed by atoms with van der Waals surface area (Å²) < 4.78 is 2.10. The molecule has 0 spiro atoms. The van der Waals surface area contributed by atoms with Crippen molar-refractivity contribution < 1.29 is 4.79 Å². The first-order valence-corrected chi connectivity index (χ1v) is 7.74. The maximum absolute atomic E-state index is 12.1. The van der Waals surface area contributed by atoms with E-state index in [4.69, 9.17) is 5.10 Å². The van der Waals surface area contributed by atoms with Gasteiger partial charge in [0.05, 0.1) is 5.71 Å². The molecule has 0 saturated heterocycles. The van der Waals surface area contributed by atoms with E-state index in [0.29, 0.717) is 0 Å². The molecule has 2 heterocycles. The summed E-state index contributed by atoms with van der Waals surface area (Å²) >= 11 is 0. The number of aromatic nitrogens is 1. The van der Waals surface area contributed by atoms with E-state index in [1.54, 1.807) is 11.9 Å². The van der Waals surface area contributed by atoms with E-state index in [0.717, 1.165) is 24.2 Å². The maximum atomic E-state index is 12.1. The molecule has 0 N–H and O–H groups in total. The van der Waals surface area contributed by atoms with E-state index in [9.17, 15) is 4.79 Å². The Hall–Kier alpha value is -2.36. The molecule has 0 radical (unpaired) electrons. The Balaban J connectivity index is 1.84. The first kappa shape index (κ1) is 13.3. The highest BCUT2D eigenvalue weighted by Gasteiger charge is 2.43. The average molecular weight is 293 g/mol. The molecule has 0 fully saturated rings. The van der Waals surface area contributed by atoms with Gasteiger partial charge in [-0.05, 0) is 30.5 Å². The number of aryl methyl sites for hydroxylation is 2. The van der Waals surface area contributed by atoms with Crippen LogP contribution in [0.15, 0.2) is 47.7 Å². The van der Waals surface area contributed by atoms with Gasteiger partial charge in [0.15, 0.2) is 0 Å². The number of hydrogen-bond acceptors (Lipinski definition) is 2. The third-order valence-electron chi connectivity index (χ3n) is 4.84. The van der Waals surface area contributed by atoms with Gasteiger partial charge in [-0.3, -0.25) is 4.79 Å². The molecule has 1 aliphatic heterocycles. The van der Waals surface area contributed by atoms with Gasteiger partial charge >= 0.3 is 0 Å². The van der Waals surface area contributed by atoms with Gasteiger partial charge in [-0.25, -0.2) is 5.01 Å². The molecule has 4 nitrogen and oxygen atoms in total. The van der Waals surface area contributed by atoms with Gasteiger partial charge in [0.2, 0.25) is 5.91 Å². The average Bonchev–Trinajstić information content (AvgIpc) is 3.10. The lowest BCUT2D eigenvalue weighted by Gasteiger charge is -2.29. The van der Waals surface area contributed by atoms with Gasteiger partial charge in [0.1, 0.15) is 6.04 Å². The molecule has 4 heteroatoms. The third-order valence-corrected chi connectivity index (χ3v) is 4.84. The normalized spacial score (nSPS) is 23.0. The Kier molecular flexibility index (Phi) is 2.93. The summed E-state index contributed by atoms with van der Waals surface area (Å²) in [5.41, 5.74) is 4.77. The fourth-order valence-corrected chi connectivity index (χ4v) is 3.80. The SMILES string of the molecule is CC(=O)N1N=C2c3ccccc3CCC2C1c1cccn1C. The van der Waals surface area contributed by atoms with Crippen molar-refractivity contribution in [2.24, 2.45) is 18.1 Å². The molecule has 2 unspecified atom stereocenters. The van der Waals surface area contributed by atoms with Crippen LogP contribution in [-0.2, 0) is 18.3 Å². The number of hydrogen-bond donors (Lipinski definition) is 0. The number of carbonyl (C=O) groups is 1. The van der Waals surface area contributed by atoms with Crippen LogP contribution < -0.4 is 0 Å². The van der Waals surface area contributed by atoms with Gasteiger partial charge in [0, 0.05) is 37.3 Å². The van der Waals surface area contributed by atoms with Crippen LogP contribution in [0.5, 0.6) is 0 Å². The minimum absolute atomic E-state index is 0.00517. The number of carbonyl (C=O) groups excluding carboxylic acids is 1. The Morgan fingerprint density at radius 1 is 1.23 bits per heavy atom. The molecule has 1 amide bonds. The predicted octanol–water partition coefficient (Wildman–Crippen LogP) is 2.90. The Labute approximate surface area is 130 Å². The predicted molar refractivity (Wildman–Crippen MR) is 85.5 cm³/mol. The van der Waals surface area contributed by atoms with Gasteiger partial charge < -0.3 is 4.57 Å². The number of benzene rings is 1. The molecule has 2 aromatic rings. The zero-order valence-electron chi connectivity index (χ0n) is 12.9. The van der Waals surface area contributed by atoms with E-state index in [1.807, 2.05) is 19.3 Å². The molecule has 4 rings (SSSR count). The van der Waals surface area contributed by atoms with Crippen molar-refractivity contribution in [1.82, 2.24) is 9.58 Å². The van der Waals surface area contributed by atoms with Crippen molar-refractivity contribution in [2.45, 2.75) is 25.8 Å². The lowest BCUT2D eigenvalue weighted by atomic mass is 9.78. The van der Waals surface area contributed by atoms with Crippen LogP contribution in [0.25, 0.3) is 0 Å². The molecule has 112 valence electrons. The summed E-state index contributed by atoms with van der Waals surface area (Å²) in [6.07, 6.45) is 4.12. The quantitative estimate of drug-likeness (QED) is 0.796. The summed E-state index contributed by atoms with van der Waals surface area (Å²) in [4.78, 5) is 12.1. The lowest BCUT2D eigenvalue weighted by molar-refractivity contribution is -0.131. The Morgan fingerprint density at radius 2 is 2.05 bits per heavy atom. The first-order valence-electron chi connectivity index (χ1n) is 7.74. The summed E-state index contributed by atoms with van der Waals surface area (Å²) in [5, 5.41) is 6.39. The van der Waals surface area contributed by atoms with Crippen LogP contribution in [-0.4, -0.2) is 21.2 Å². The second-order valence-corrected chi connectivity index (χ2v) is 6.14. The van der Waals surface area contributed by atoms with Gasteiger partial charge in [-0.2, -0.15) is 5.10 Å². The van der Waals surface area contributed by atoms with E-state index in [-0.39, 0.29) is 17.9 Å². The number of rotatable bonds is 1. The zero-order chi connectivity index (χ0) is 15.3. The molecule has 1 aromatic heterocycles. The van der Waals surface area contributed by atoms with Gasteiger partial charge in [0.25, 0.3) is 0 Å². The molecular formula is C18H19N3O. The van der Waals surface area contributed by atoms with Gasteiger partial charge in [-0.1, -0.05) is 24.3 Å². The standard InChI is InChI=1S/C18H19N3O/c1-12(22)21-18(16-8-5-11-20(16)2)15-10-9-13-6-3-4-7-14(13)17(15)19-21/h3-8,11,15,18H,9-10H2,1-2H3. The molecule has 2 atom stereocenters. The highest BCUT2D eigenvalue weighted by atomic mass is 16.2. The number of amides is 1. The second kappa shape index (κ2) is 4.83. The van der Waals surface area contributed by atoms with E-state index >= 15 is 0 Å². The molecule has 1 aromatic carbocycles. The number of hydrazone groups is 1. The summed E-state index contributed by atoms with van der Waals surface area (Å²) in [6.45, 7) is 1.60. The zero-order valence-corrected chi connectivity index (χ0v) is 12.9. The van der Waals surface area contributed by atoms with Crippen LogP contribution in [0.4, 0.5) is 0 Å². The van der Waals surface area contributed by atoms with Crippen LogP contribution in [0.3, 0.4) is 0 Å².